The number of aromatic hydroxyl groups is 1. The molecule has 1 amide bonds. The van der Waals surface area contributed by atoms with Crippen LogP contribution in [0.5, 0.6) is 5.75 Å². The Bertz CT molecular complexity index is 1310. The molecule has 0 spiro atoms. The number of amides is 1. The molecule has 1 saturated heterocycles. The number of aromatic amines is 1. The largest absolute Gasteiger partial charge is 0.508 e. The van der Waals surface area contributed by atoms with Gasteiger partial charge in [-0.2, -0.15) is 10.1 Å². The predicted octanol–water partition coefficient (Wildman–Crippen LogP) is 1.78. The Balaban J connectivity index is 1.38. The van der Waals surface area contributed by atoms with E-state index in [1.54, 1.807) is 21.7 Å². The van der Waals surface area contributed by atoms with Crippen molar-refractivity contribution in [1.82, 2.24) is 24.6 Å². The van der Waals surface area contributed by atoms with Crippen molar-refractivity contribution in [1.29, 1.82) is 0 Å². The van der Waals surface area contributed by atoms with E-state index in [9.17, 15) is 14.7 Å². The number of nitrogens with one attached hydrogen (secondary N) is 1. The normalized spacial score (nSPS) is 14.2. The van der Waals surface area contributed by atoms with Gasteiger partial charge in [-0.25, -0.2) is 4.68 Å². The molecule has 2 aromatic carbocycles. The van der Waals surface area contributed by atoms with Gasteiger partial charge < -0.3 is 14.9 Å². The number of carbonyl (C=O) groups is 1. The molecule has 0 radical (unpaired) electrons. The zero-order valence-corrected chi connectivity index (χ0v) is 16.6. The number of piperazine rings is 1. The van der Waals surface area contributed by atoms with E-state index in [4.69, 9.17) is 0 Å². The molecule has 31 heavy (non-hydrogen) atoms. The summed E-state index contributed by atoms with van der Waals surface area (Å²) in [5.74, 6) is 0.392. The number of carbonyl (C=O) groups excluding carboxylic acids is 1. The van der Waals surface area contributed by atoms with Crippen LogP contribution in [0.1, 0.15) is 10.4 Å². The average Bonchev–Trinajstić information content (AvgIpc) is 3.24. The fourth-order valence-electron chi connectivity index (χ4n) is 3.76. The summed E-state index contributed by atoms with van der Waals surface area (Å²) in [6.45, 7) is 2.01. The van der Waals surface area contributed by atoms with Crippen molar-refractivity contribution in [3.05, 3.63) is 76.7 Å². The van der Waals surface area contributed by atoms with E-state index in [0.29, 0.717) is 48.7 Å². The van der Waals surface area contributed by atoms with Crippen LogP contribution >= 0.6 is 0 Å². The van der Waals surface area contributed by atoms with Gasteiger partial charge in [0.05, 0.1) is 11.9 Å². The molecule has 0 saturated carbocycles. The Hall–Kier alpha value is -4.14. The van der Waals surface area contributed by atoms with Crippen molar-refractivity contribution in [2.24, 2.45) is 0 Å². The molecule has 5 rings (SSSR count). The standard InChI is InChI=1S/C22H20N6O3/c29-17-8-4-5-15(13-17)21(31)26-9-11-27(12-10-26)22-24-19-18(20(30)25-22)14-23-28(19)16-6-2-1-3-7-16/h1-8,13-14,29H,9-12H2,(H,24,25,30). The van der Waals surface area contributed by atoms with Gasteiger partial charge >= 0.3 is 0 Å². The monoisotopic (exact) mass is 416 g/mol. The lowest BCUT2D eigenvalue weighted by Crippen LogP contribution is -2.49. The number of nitrogens with zero attached hydrogens (tertiary/aromatic N) is 5. The number of H-pyrrole nitrogens is 1. The Morgan fingerprint density at radius 1 is 1.00 bits per heavy atom. The number of hydrogen-bond acceptors (Lipinski definition) is 6. The van der Waals surface area contributed by atoms with Crippen LogP contribution in [0.3, 0.4) is 0 Å². The van der Waals surface area contributed by atoms with E-state index in [0.717, 1.165) is 5.69 Å². The molecule has 3 heterocycles. The average molecular weight is 416 g/mol. The first-order chi connectivity index (χ1) is 15.1. The highest BCUT2D eigenvalue weighted by Crippen LogP contribution is 2.19. The van der Waals surface area contributed by atoms with Crippen LogP contribution in [-0.2, 0) is 0 Å². The maximum atomic E-state index is 12.7. The minimum atomic E-state index is -0.250. The summed E-state index contributed by atoms with van der Waals surface area (Å²) in [6.07, 6.45) is 1.52. The van der Waals surface area contributed by atoms with Crippen molar-refractivity contribution in [3.63, 3.8) is 0 Å². The van der Waals surface area contributed by atoms with E-state index >= 15 is 0 Å². The van der Waals surface area contributed by atoms with E-state index < -0.39 is 0 Å². The second-order valence-electron chi connectivity index (χ2n) is 7.35. The van der Waals surface area contributed by atoms with Gasteiger partial charge in [0.2, 0.25) is 5.95 Å². The van der Waals surface area contributed by atoms with Crippen molar-refractivity contribution >= 4 is 22.9 Å². The Morgan fingerprint density at radius 3 is 2.52 bits per heavy atom. The van der Waals surface area contributed by atoms with Crippen LogP contribution < -0.4 is 10.5 Å². The smallest absolute Gasteiger partial charge is 0.263 e. The van der Waals surface area contributed by atoms with E-state index in [1.807, 2.05) is 35.2 Å². The third-order valence-electron chi connectivity index (χ3n) is 5.39. The Kier molecular flexibility index (Phi) is 4.62. The van der Waals surface area contributed by atoms with Gasteiger partial charge in [-0.1, -0.05) is 24.3 Å². The van der Waals surface area contributed by atoms with E-state index in [2.05, 4.69) is 15.1 Å². The zero-order chi connectivity index (χ0) is 21.4. The molecule has 4 aromatic rings. The van der Waals surface area contributed by atoms with Crippen LogP contribution in [0.2, 0.25) is 0 Å². The lowest BCUT2D eigenvalue weighted by Gasteiger charge is -2.35. The highest BCUT2D eigenvalue weighted by Gasteiger charge is 2.24. The van der Waals surface area contributed by atoms with Crippen molar-refractivity contribution in [3.8, 4) is 11.4 Å². The Labute approximate surface area is 177 Å². The maximum Gasteiger partial charge on any atom is 0.263 e. The van der Waals surface area contributed by atoms with Crippen molar-refractivity contribution in [2.45, 2.75) is 0 Å². The summed E-state index contributed by atoms with van der Waals surface area (Å²) in [4.78, 5) is 36.5. The maximum absolute atomic E-state index is 12.7. The van der Waals surface area contributed by atoms with Crippen LogP contribution in [0.25, 0.3) is 16.7 Å². The molecule has 156 valence electrons. The van der Waals surface area contributed by atoms with Crippen LogP contribution in [0.4, 0.5) is 5.95 Å². The summed E-state index contributed by atoms with van der Waals surface area (Å²) in [5.41, 5.74) is 1.51. The second kappa shape index (κ2) is 7.60. The molecule has 1 aliphatic rings. The molecule has 0 unspecified atom stereocenters. The summed E-state index contributed by atoms with van der Waals surface area (Å²) in [6, 6.07) is 15.9. The SMILES string of the molecule is O=C(c1cccc(O)c1)N1CCN(c2nc3c(cnn3-c3ccccc3)c(=O)[nH]2)CC1. The number of benzene rings is 2. The molecule has 2 aromatic heterocycles. The van der Waals surface area contributed by atoms with Gasteiger partial charge in [0.25, 0.3) is 11.5 Å². The summed E-state index contributed by atoms with van der Waals surface area (Å²) in [7, 11) is 0. The molecule has 9 nitrogen and oxygen atoms in total. The molecule has 1 fully saturated rings. The van der Waals surface area contributed by atoms with Gasteiger partial charge in [0.1, 0.15) is 11.1 Å². The van der Waals surface area contributed by atoms with Gasteiger partial charge in [-0.15, -0.1) is 0 Å². The number of aromatic nitrogens is 4. The minimum Gasteiger partial charge on any atom is -0.508 e. The van der Waals surface area contributed by atoms with Crippen LogP contribution in [-0.4, -0.2) is 61.8 Å². The first-order valence-corrected chi connectivity index (χ1v) is 9.97. The van der Waals surface area contributed by atoms with Crippen LogP contribution in [0.15, 0.2) is 65.6 Å². The number of phenols is 1. The lowest BCUT2D eigenvalue weighted by atomic mass is 10.1. The second-order valence-corrected chi connectivity index (χ2v) is 7.35. The Morgan fingerprint density at radius 2 is 1.77 bits per heavy atom. The number of para-hydroxylation sites is 1. The number of fused-ring (bicyclic) bond motifs is 1. The van der Waals surface area contributed by atoms with Gasteiger partial charge in [0, 0.05) is 31.7 Å². The number of rotatable bonds is 3. The molecule has 1 aliphatic heterocycles. The highest BCUT2D eigenvalue weighted by atomic mass is 16.3. The number of hydrogen-bond donors (Lipinski definition) is 2. The summed E-state index contributed by atoms with van der Waals surface area (Å²) >= 11 is 0. The lowest BCUT2D eigenvalue weighted by molar-refractivity contribution is 0.0746. The van der Waals surface area contributed by atoms with Gasteiger partial charge in [0.15, 0.2) is 5.65 Å². The molecule has 2 N–H and O–H groups in total. The molecule has 9 heteroatoms. The van der Waals surface area contributed by atoms with E-state index in [-0.39, 0.29) is 17.2 Å². The first kappa shape index (κ1) is 18.9. The summed E-state index contributed by atoms with van der Waals surface area (Å²) in [5, 5.41) is 14.4. The molecule has 0 aliphatic carbocycles. The molecular weight excluding hydrogens is 396 g/mol. The highest BCUT2D eigenvalue weighted by molar-refractivity contribution is 5.94. The third-order valence-corrected chi connectivity index (χ3v) is 5.39. The van der Waals surface area contributed by atoms with Crippen molar-refractivity contribution in [2.75, 3.05) is 31.1 Å². The van der Waals surface area contributed by atoms with Gasteiger partial charge in [-0.05, 0) is 30.3 Å². The first-order valence-electron chi connectivity index (χ1n) is 9.97. The quantitative estimate of drug-likeness (QED) is 0.527. The summed E-state index contributed by atoms with van der Waals surface area (Å²) < 4.78 is 1.65. The van der Waals surface area contributed by atoms with Gasteiger partial charge in [-0.3, -0.25) is 14.6 Å². The molecule has 0 bridgehead atoms. The fraction of sp³-hybridized carbons (Fsp3) is 0.182. The molecule has 0 atom stereocenters. The number of phenolic OH excluding ortho intramolecular Hbond substituents is 1. The van der Waals surface area contributed by atoms with Crippen LogP contribution in [0, 0.1) is 0 Å². The number of anilines is 1. The zero-order valence-electron chi connectivity index (χ0n) is 16.6. The topological polar surface area (TPSA) is 107 Å². The molecular formula is C22H20N6O3. The van der Waals surface area contributed by atoms with Crippen molar-refractivity contribution < 1.29 is 9.90 Å². The van der Waals surface area contributed by atoms with E-state index in [1.165, 1.54) is 18.3 Å². The third kappa shape index (κ3) is 3.50. The minimum absolute atomic E-state index is 0.0644. The predicted molar refractivity (Wildman–Crippen MR) is 116 cm³/mol. The fourth-order valence-corrected chi connectivity index (χ4v) is 3.76.